The lowest BCUT2D eigenvalue weighted by molar-refractivity contribution is -0.164. The number of fused-ring (bicyclic) bond motifs is 1. The quantitative estimate of drug-likeness (QED) is 0.322. The third-order valence-electron chi connectivity index (χ3n) is 11.0. The van der Waals surface area contributed by atoms with Crippen LogP contribution in [-0.4, -0.2) is 93.9 Å². The molecule has 0 radical (unpaired) electrons. The van der Waals surface area contributed by atoms with Crippen molar-refractivity contribution in [1.82, 2.24) is 30.6 Å². The van der Waals surface area contributed by atoms with Crippen molar-refractivity contribution in [3.05, 3.63) is 81.3 Å². The zero-order valence-corrected chi connectivity index (χ0v) is 30.9. The van der Waals surface area contributed by atoms with Crippen molar-refractivity contribution in [2.45, 2.75) is 65.3 Å². The molecule has 1 aromatic heterocycles. The first-order chi connectivity index (χ1) is 25.6. The van der Waals surface area contributed by atoms with Gasteiger partial charge in [0.2, 0.25) is 11.8 Å². The molecule has 1 atom stereocenters. The van der Waals surface area contributed by atoms with Gasteiger partial charge in [0.15, 0.2) is 11.5 Å². The Balaban J connectivity index is 0.934. The van der Waals surface area contributed by atoms with Crippen molar-refractivity contribution in [2.75, 3.05) is 31.1 Å². The molecule has 1 saturated carbocycles. The molecule has 2 N–H and O–H groups in total. The first-order valence-electron chi connectivity index (χ1n) is 17.6. The number of piperidine rings is 1. The van der Waals surface area contributed by atoms with Crippen LogP contribution >= 0.6 is 11.6 Å². The van der Waals surface area contributed by atoms with E-state index in [1.165, 1.54) is 12.1 Å². The number of imide groups is 2. The summed E-state index contributed by atoms with van der Waals surface area (Å²) in [5.74, 6) is -2.90. The molecule has 1 unspecified atom stereocenters. The molecule has 3 aliphatic heterocycles. The van der Waals surface area contributed by atoms with E-state index in [0.717, 1.165) is 4.90 Å². The van der Waals surface area contributed by atoms with E-state index in [4.69, 9.17) is 16.3 Å². The molecule has 280 valence electrons. The molecule has 3 aromatic rings. The minimum atomic E-state index is -1.17. The molecular formula is C38H38ClFN8O6. The Kier molecular flexibility index (Phi) is 9.39. The number of rotatable bonds is 8. The molecule has 2 saturated heterocycles. The van der Waals surface area contributed by atoms with Crippen LogP contribution in [0.15, 0.2) is 42.5 Å². The van der Waals surface area contributed by atoms with Gasteiger partial charge in [0.1, 0.15) is 29.8 Å². The van der Waals surface area contributed by atoms with E-state index in [1.807, 2.05) is 43.6 Å². The predicted octanol–water partition coefficient (Wildman–Crippen LogP) is 3.48. The Morgan fingerprint density at radius 2 is 1.74 bits per heavy atom. The van der Waals surface area contributed by atoms with Gasteiger partial charge in [-0.2, -0.15) is 5.26 Å². The van der Waals surface area contributed by atoms with E-state index in [9.17, 15) is 29.2 Å². The number of piperazine rings is 1. The van der Waals surface area contributed by atoms with Gasteiger partial charge in [-0.3, -0.25) is 39.1 Å². The lowest BCUT2D eigenvalue weighted by Crippen LogP contribution is -2.74. The van der Waals surface area contributed by atoms with Crippen molar-refractivity contribution in [2.24, 2.45) is 10.8 Å². The highest BCUT2D eigenvalue weighted by molar-refractivity contribution is 6.31. The molecule has 3 fully saturated rings. The van der Waals surface area contributed by atoms with Gasteiger partial charge in [0.25, 0.3) is 17.7 Å². The highest BCUT2D eigenvalue weighted by Gasteiger charge is 2.64. The van der Waals surface area contributed by atoms with E-state index in [1.54, 1.807) is 30.3 Å². The summed E-state index contributed by atoms with van der Waals surface area (Å²) < 4.78 is 22.1. The summed E-state index contributed by atoms with van der Waals surface area (Å²) in [5, 5.41) is 23.3. The smallest absolute Gasteiger partial charge is 0.272 e. The topological polar surface area (TPSA) is 178 Å². The molecule has 2 aromatic carbocycles. The van der Waals surface area contributed by atoms with E-state index in [-0.39, 0.29) is 59.8 Å². The fraction of sp³-hybridized carbons (Fsp3) is 0.421. The first-order valence-corrected chi connectivity index (χ1v) is 18.0. The Bertz CT molecular complexity index is 2110. The van der Waals surface area contributed by atoms with Gasteiger partial charge in [-0.15, -0.1) is 10.2 Å². The molecule has 0 bridgehead atoms. The third kappa shape index (κ3) is 6.32. The van der Waals surface area contributed by atoms with Crippen molar-refractivity contribution < 1.29 is 33.1 Å². The summed E-state index contributed by atoms with van der Waals surface area (Å²) in [7, 11) is 0. The van der Waals surface area contributed by atoms with Crippen LogP contribution in [-0.2, 0) is 16.1 Å². The molecule has 16 heteroatoms. The Labute approximate surface area is 315 Å². The minimum Gasteiger partial charge on any atom is -0.489 e. The maximum absolute atomic E-state index is 15.8. The zero-order chi connectivity index (χ0) is 38.7. The standard InChI is InChI=1S/C38H38ClFN8O6/c1-37(2)35(38(3,4)36(37)54-22-7-5-20(18-41)24(39)17-22)43-31(50)25-9-11-27(45-44-25)47-15-13-46(14-16-47)19-21-6-8-23-29(30(21)40)34(53)48(33(23)52)26-10-12-28(49)42-32(26)51/h5-9,11,17,26,35-36H,10,12-16,19H2,1-4H3,(H,43,50)(H,42,49,51). The van der Waals surface area contributed by atoms with Crippen molar-refractivity contribution in [1.29, 1.82) is 5.26 Å². The largest absolute Gasteiger partial charge is 0.489 e. The van der Waals surface area contributed by atoms with Gasteiger partial charge >= 0.3 is 0 Å². The number of hydrogen-bond donors (Lipinski definition) is 2. The molecular weight excluding hydrogens is 719 g/mol. The fourth-order valence-corrected chi connectivity index (χ4v) is 8.69. The molecule has 5 amide bonds. The summed E-state index contributed by atoms with van der Waals surface area (Å²) in [5.41, 5.74) is -0.568. The van der Waals surface area contributed by atoms with E-state index in [2.05, 4.69) is 20.8 Å². The van der Waals surface area contributed by atoms with Crippen LogP contribution < -0.4 is 20.3 Å². The maximum Gasteiger partial charge on any atom is 0.272 e. The Hall–Kier alpha value is -5.46. The van der Waals surface area contributed by atoms with Gasteiger partial charge in [0, 0.05) is 67.6 Å². The van der Waals surface area contributed by atoms with Gasteiger partial charge in [0.05, 0.1) is 21.7 Å². The first kappa shape index (κ1) is 36.9. The Morgan fingerprint density at radius 1 is 1.02 bits per heavy atom. The maximum atomic E-state index is 15.8. The van der Waals surface area contributed by atoms with Crippen molar-refractivity contribution >= 4 is 47.0 Å². The molecule has 54 heavy (non-hydrogen) atoms. The number of nitriles is 1. The van der Waals surface area contributed by atoms with Crippen LogP contribution in [0.5, 0.6) is 5.75 Å². The summed E-state index contributed by atoms with van der Waals surface area (Å²) in [4.78, 5) is 68.3. The number of halogens is 2. The van der Waals surface area contributed by atoms with Crippen LogP contribution in [0.2, 0.25) is 5.02 Å². The number of nitrogens with one attached hydrogen (secondary N) is 2. The number of benzene rings is 2. The van der Waals surface area contributed by atoms with E-state index in [0.29, 0.717) is 48.3 Å². The summed E-state index contributed by atoms with van der Waals surface area (Å²) in [6, 6.07) is 11.8. The van der Waals surface area contributed by atoms with Crippen molar-refractivity contribution in [3.63, 3.8) is 0 Å². The normalized spacial score (nSPS) is 23.3. The van der Waals surface area contributed by atoms with Gasteiger partial charge in [-0.05, 0) is 36.8 Å². The number of anilines is 1. The predicted molar refractivity (Wildman–Crippen MR) is 192 cm³/mol. The number of carbonyl (C=O) groups is 5. The van der Waals surface area contributed by atoms with Gasteiger partial charge in [-0.1, -0.05) is 45.4 Å². The number of aromatic nitrogens is 2. The van der Waals surface area contributed by atoms with Gasteiger partial charge in [-0.25, -0.2) is 4.39 Å². The lowest BCUT2D eigenvalue weighted by atomic mass is 9.49. The molecule has 1 aliphatic carbocycles. The monoisotopic (exact) mass is 756 g/mol. The van der Waals surface area contributed by atoms with E-state index >= 15 is 4.39 Å². The van der Waals surface area contributed by atoms with Gasteiger partial charge < -0.3 is 15.0 Å². The molecule has 0 spiro atoms. The van der Waals surface area contributed by atoms with Crippen molar-refractivity contribution in [3.8, 4) is 11.8 Å². The summed E-state index contributed by atoms with van der Waals surface area (Å²) in [6.45, 7) is 10.4. The number of hydrogen-bond acceptors (Lipinski definition) is 11. The third-order valence-corrected chi connectivity index (χ3v) is 11.3. The number of carbonyl (C=O) groups excluding carboxylic acids is 5. The average Bonchev–Trinajstić information content (AvgIpc) is 3.39. The number of amides is 5. The highest BCUT2D eigenvalue weighted by Crippen LogP contribution is 2.55. The molecule has 4 aliphatic rings. The van der Waals surface area contributed by atoms with Crippen LogP contribution in [0.3, 0.4) is 0 Å². The SMILES string of the molecule is CC1(C)C(NC(=O)c2ccc(N3CCN(Cc4ccc5c(c4F)C(=O)N(C4CCC(=O)NC4=O)C5=O)CC3)nn2)C(C)(C)C1Oc1ccc(C#N)c(Cl)c1. The summed E-state index contributed by atoms with van der Waals surface area (Å²) >= 11 is 6.21. The number of nitrogens with zero attached hydrogens (tertiary/aromatic N) is 6. The fourth-order valence-electron chi connectivity index (χ4n) is 8.47. The van der Waals surface area contributed by atoms with Crippen LogP contribution in [0, 0.1) is 28.0 Å². The second kappa shape index (κ2) is 13.7. The van der Waals surface area contributed by atoms with E-state index < -0.39 is 46.3 Å². The summed E-state index contributed by atoms with van der Waals surface area (Å²) in [6.07, 6.45) is -0.293. The average molecular weight is 757 g/mol. The van der Waals surface area contributed by atoms with Crippen LogP contribution in [0.1, 0.15) is 82.9 Å². The number of ether oxygens (including phenoxy) is 1. The zero-order valence-electron chi connectivity index (χ0n) is 30.1. The second-order valence-electron chi connectivity index (χ2n) is 15.2. The molecule has 4 heterocycles. The Morgan fingerprint density at radius 3 is 2.37 bits per heavy atom. The van der Waals surface area contributed by atoms with Crippen LogP contribution in [0.25, 0.3) is 0 Å². The lowest BCUT2D eigenvalue weighted by Gasteiger charge is -2.63. The second-order valence-corrected chi connectivity index (χ2v) is 15.7. The molecule has 7 rings (SSSR count). The highest BCUT2D eigenvalue weighted by atomic mass is 35.5. The molecule has 14 nitrogen and oxygen atoms in total. The minimum absolute atomic E-state index is 0.0118. The van der Waals surface area contributed by atoms with Crippen LogP contribution in [0.4, 0.5) is 10.2 Å².